The first kappa shape index (κ1) is 20.3. The predicted octanol–water partition coefficient (Wildman–Crippen LogP) is -2.42. The van der Waals surface area contributed by atoms with Crippen LogP contribution in [0, 0.1) is 5.92 Å². The number of amides is 4. The van der Waals surface area contributed by atoms with Crippen molar-refractivity contribution in [2.45, 2.75) is 26.8 Å². The third kappa shape index (κ3) is 9.82. The second-order valence-electron chi connectivity index (χ2n) is 5.05. The lowest BCUT2D eigenvalue weighted by molar-refractivity contribution is -0.141. The lowest BCUT2D eigenvalue weighted by Gasteiger charge is -2.11. The summed E-state index contributed by atoms with van der Waals surface area (Å²) in [6, 6.07) is -1.07. The maximum atomic E-state index is 11.4. The van der Waals surface area contributed by atoms with Crippen molar-refractivity contribution in [3.63, 3.8) is 0 Å². The normalized spacial score (nSPS) is 11.3. The van der Waals surface area contributed by atoms with Crippen LogP contribution in [-0.2, 0) is 24.0 Å². The van der Waals surface area contributed by atoms with Crippen molar-refractivity contribution >= 4 is 29.6 Å². The van der Waals surface area contributed by atoms with E-state index in [1.54, 1.807) is 13.8 Å². The van der Waals surface area contributed by atoms with Crippen LogP contribution in [-0.4, -0.2) is 60.4 Å². The van der Waals surface area contributed by atoms with Gasteiger partial charge in [0.15, 0.2) is 0 Å². The molecule has 0 rings (SSSR count). The van der Waals surface area contributed by atoms with Crippen LogP contribution in [0.25, 0.3) is 0 Å². The lowest BCUT2D eigenvalue weighted by atomic mass is 10.2. The molecule has 0 spiro atoms. The van der Waals surface area contributed by atoms with Gasteiger partial charge in [-0.3, -0.25) is 24.0 Å². The van der Waals surface area contributed by atoms with Gasteiger partial charge in [0.2, 0.25) is 23.6 Å². The van der Waals surface area contributed by atoms with E-state index in [0.717, 1.165) is 0 Å². The van der Waals surface area contributed by atoms with Gasteiger partial charge >= 0.3 is 5.97 Å². The number of carbonyl (C=O) groups is 5. The fourth-order valence-electron chi connectivity index (χ4n) is 1.21. The van der Waals surface area contributed by atoms with E-state index in [9.17, 15) is 24.0 Å². The molecule has 1 atom stereocenters. The Balaban J connectivity index is 3.90. The fraction of sp³-hybridized carbons (Fsp3) is 0.615. The Labute approximate surface area is 133 Å². The maximum absolute atomic E-state index is 11.4. The molecule has 0 radical (unpaired) electrons. The summed E-state index contributed by atoms with van der Waals surface area (Å²) in [5.41, 5.74) is 0. The van der Waals surface area contributed by atoms with E-state index in [2.05, 4.69) is 21.3 Å². The van der Waals surface area contributed by atoms with Crippen LogP contribution in [0.2, 0.25) is 0 Å². The van der Waals surface area contributed by atoms with Gasteiger partial charge in [0.1, 0.15) is 6.04 Å². The zero-order valence-corrected chi connectivity index (χ0v) is 13.3. The number of carboxylic acids is 1. The highest BCUT2D eigenvalue weighted by Crippen LogP contribution is 1.89. The molecule has 0 aromatic heterocycles. The Morgan fingerprint density at radius 3 is 1.65 bits per heavy atom. The quantitative estimate of drug-likeness (QED) is 0.317. The number of hydrogen-bond donors (Lipinski definition) is 5. The van der Waals surface area contributed by atoms with E-state index in [1.165, 1.54) is 6.92 Å². The van der Waals surface area contributed by atoms with Gasteiger partial charge in [0.25, 0.3) is 0 Å². The second-order valence-corrected chi connectivity index (χ2v) is 5.05. The Morgan fingerprint density at radius 2 is 1.22 bits per heavy atom. The van der Waals surface area contributed by atoms with Crippen LogP contribution in [0.1, 0.15) is 20.8 Å². The van der Waals surface area contributed by atoms with Crippen LogP contribution >= 0.6 is 0 Å². The van der Waals surface area contributed by atoms with Crippen molar-refractivity contribution < 1.29 is 29.1 Å². The number of hydrogen-bond acceptors (Lipinski definition) is 5. The molecule has 0 aromatic carbocycles. The smallest absolute Gasteiger partial charge is 0.325 e. The molecular formula is C13H22N4O6. The van der Waals surface area contributed by atoms with Crippen molar-refractivity contribution in [2.24, 2.45) is 5.92 Å². The molecule has 0 bridgehead atoms. The van der Waals surface area contributed by atoms with Gasteiger partial charge in [-0.25, -0.2) is 0 Å². The van der Waals surface area contributed by atoms with Crippen LogP contribution in [0.4, 0.5) is 0 Å². The summed E-state index contributed by atoms with van der Waals surface area (Å²) >= 11 is 0. The van der Waals surface area contributed by atoms with Crippen molar-refractivity contribution in [3.05, 3.63) is 0 Å². The highest BCUT2D eigenvalue weighted by atomic mass is 16.4. The zero-order chi connectivity index (χ0) is 18.0. The number of carbonyl (C=O) groups excluding carboxylic acids is 4. The Kier molecular flexibility index (Phi) is 8.97. The van der Waals surface area contributed by atoms with E-state index >= 15 is 0 Å². The molecule has 0 aliphatic heterocycles. The average molecular weight is 330 g/mol. The largest absolute Gasteiger partial charge is 0.480 e. The summed E-state index contributed by atoms with van der Waals surface area (Å²) in [5, 5.41) is 17.6. The van der Waals surface area contributed by atoms with E-state index < -0.39 is 36.3 Å². The van der Waals surface area contributed by atoms with Gasteiger partial charge in [0, 0.05) is 5.92 Å². The first-order valence-electron chi connectivity index (χ1n) is 6.96. The second kappa shape index (κ2) is 10.1. The highest BCUT2D eigenvalue weighted by Gasteiger charge is 2.14. The molecular weight excluding hydrogens is 308 g/mol. The first-order chi connectivity index (χ1) is 10.6. The molecule has 10 heteroatoms. The number of carboxylic acid groups (broad SMARTS) is 1. The molecule has 0 aromatic rings. The summed E-state index contributed by atoms with van der Waals surface area (Å²) in [7, 11) is 0. The molecule has 130 valence electrons. The van der Waals surface area contributed by atoms with Gasteiger partial charge in [-0.05, 0) is 6.92 Å². The molecule has 10 nitrogen and oxygen atoms in total. The van der Waals surface area contributed by atoms with Gasteiger partial charge in [-0.1, -0.05) is 13.8 Å². The molecule has 0 saturated carbocycles. The minimum atomic E-state index is -1.19. The third-order valence-electron chi connectivity index (χ3n) is 2.59. The summed E-state index contributed by atoms with van der Waals surface area (Å²) in [4.78, 5) is 55.9. The predicted molar refractivity (Wildman–Crippen MR) is 79.1 cm³/mol. The molecule has 0 aliphatic rings. The van der Waals surface area contributed by atoms with Gasteiger partial charge < -0.3 is 26.4 Å². The standard InChI is InChI=1S/C13H22N4O6/c1-7(2)12(21)16-5-10(19)14-4-9(18)15-6-11(20)17-8(3)13(22)23/h7-8H,4-6H2,1-3H3,(H,14,19)(H,15,18)(H,16,21)(H,17,20)(H,22,23). The fourth-order valence-corrected chi connectivity index (χ4v) is 1.21. The van der Waals surface area contributed by atoms with Crippen LogP contribution in [0.15, 0.2) is 0 Å². The molecule has 5 N–H and O–H groups in total. The third-order valence-corrected chi connectivity index (χ3v) is 2.59. The summed E-state index contributed by atoms with van der Waals surface area (Å²) < 4.78 is 0. The van der Waals surface area contributed by atoms with Crippen molar-refractivity contribution in [2.75, 3.05) is 19.6 Å². The van der Waals surface area contributed by atoms with Crippen molar-refractivity contribution in [3.8, 4) is 0 Å². The monoisotopic (exact) mass is 330 g/mol. The van der Waals surface area contributed by atoms with Crippen LogP contribution in [0.5, 0.6) is 0 Å². The average Bonchev–Trinajstić information content (AvgIpc) is 2.47. The highest BCUT2D eigenvalue weighted by molar-refractivity contribution is 5.91. The molecule has 0 heterocycles. The number of aliphatic carboxylic acids is 1. The molecule has 4 amide bonds. The molecule has 1 unspecified atom stereocenters. The Hall–Kier alpha value is -2.65. The summed E-state index contributed by atoms with van der Waals surface area (Å²) in [6.07, 6.45) is 0. The molecule has 23 heavy (non-hydrogen) atoms. The van der Waals surface area contributed by atoms with E-state index in [1.807, 2.05) is 0 Å². The minimum Gasteiger partial charge on any atom is -0.480 e. The summed E-state index contributed by atoms with van der Waals surface area (Å²) in [5.74, 6) is -3.56. The van der Waals surface area contributed by atoms with Crippen LogP contribution < -0.4 is 21.3 Å². The Morgan fingerprint density at radius 1 is 0.783 bits per heavy atom. The topological polar surface area (TPSA) is 154 Å². The molecule has 0 fully saturated rings. The van der Waals surface area contributed by atoms with Gasteiger partial charge in [-0.2, -0.15) is 0 Å². The van der Waals surface area contributed by atoms with E-state index in [-0.39, 0.29) is 24.9 Å². The number of nitrogens with one attached hydrogen (secondary N) is 4. The van der Waals surface area contributed by atoms with E-state index in [4.69, 9.17) is 5.11 Å². The van der Waals surface area contributed by atoms with Gasteiger partial charge in [-0.15, -0.1) is 0 Å². The molecule has 0 aliphatic carbocycles. The Bertz CT molecular complexity index is 477. The van der Waals surface area contributed by atoms with E-state index in [0.29, 0.717) is 0 Å². The maximum Gasteiger partial charge on any atom is 0.325 e. The van der Waals surface area contributed by atoms with Crippen molar-refractivity contribution in [1.82, 2.24) is 21.3 Å². The molecule has 0 saturated heterocycles. The zero-order valence-electron chi connectivity index (χ0n) is 13.3. The minimum absolute atomic E-state index is 0.249. The first-order valence-corrected chi connectivity index (χ1v) is 6.96. The lowest BCUT2D eigenvalue weighted by Crippen LogP contribution is -2.47. The SMILES string of the molecule is CC(C)C(=O)NCC(=O)NCC(=O)NCC(=O)NC(C)C(=O)O. The summed E-state index contributed by atoms with van der Waals surface area (Å²) in [6.45, 7) is 3.62. The van der Waals surface area contributed by atoms with Crippen LogP contribution in [0.3, 0.4) is 0 Å². The van der Waals surface area contributed by atoms with Gasteiger partial charge in [0.05, 0.1) is 19.6 Å². The van der Waals surface area contributed by atoms with Crippen molar-refractivity contribution in [1.29, 1.82) is 0 Å². The number of rotatable bonds is 9.